The third-order valence-corrected chi connectivity index (χ3v) is 11.0. The maximum Gasteiger partial charge on any atom is 0.115 e. The zero-order chi connectivity index (χ0) is 37.0. The van der Waals surface area contributed by atoms with E-state index in [0.29, 0.717) is 0 Å². The van der Waals surface area contributed by atoms with Crippen LogP contribution in [0.5, 0.6) is 0 Å². The average Bonchev–Trinajstić information content (AvgIpc) is 3.80. The van der Waals surface area contributed by atoms with Crippen molar-refractivity contribution in [3.63, 3.8) is 0 Å². The molecule has 0 saturated carbocycles. The molecule has 0 spiro atoms. The Bertz CT molecular complexity index is 3190. The van der Waals surface area contributed by atoms with Crippen molar-refractivity contribution >= 4 is 43.9 Å². The third-order valence-electron chi connectivity index (χ3n) is 11.0. The smallest absolute Gasteiger partial charge is 0.115 e. The van der Waals surface area contributed by atoms with Gasteiger partial charge in [0.15, 0.2) is 0 Å². The van der Waals surface area contributed by atoms with E-state index in [0.717, 1.165) is 39.0 Å². The van der Waals surface area contributed by atoms with Crippen LogP contribution < -0.4 is 0 Å². The summed E-state index contributed by atoms with van der Waals surface area (Å²) in [6.07, 6.45) is 3.68. The zero-order valence-corrected chi connectivity index (χ0v) is 30.4. The lowest BCUT2D eigenvalue weighted by molar-refractivity contribution is 1.17. The second-order valence-corrected chi connectivity index (χ2v) is 14.3. The second-order valence-electron chi connectivity index (χ2n) is 14.3. The molecular formula is C52H34N4. The van der Waals surface area contributed by atoms with Crippen molar-refractivity contribution in [1.82, 2.24) is 19.1 Å². The molecule has 7 aromatic carbocycles. The number of hydrogen-bond donors (Lipinski definition) is 0. The fraction of sp³-hybridized carbons (Fsp3) is 0. The van der Waals surface area contributed by atoms with Crippen LogP contribution in [0.15, 0.2) is 207 Å². The predicted molar refractivity (Wildman–Crippen MR) is 232 cm³/mol. The highest BCUT2D eigenvalue weighted by Gasteiger charge is 2.19. The Hall–Kier alpha value is -7.56. The van der Waals surface area contributed by atoms with Crippen molar-refractivity contribution in [3.8, 4) is 55.9 Å². The van der Waals surface area contributed by atoms with Gasteiger partial charge in [0.25, 0.3) is 0 Å². The molecule has 0 saturated heterocycles. The number of pyridine rings is 2. The summed E-state index contributed by atoms with van der Waals surface area (Å²) in [7, 11) is 0. The Labute approximate surface area is 324 Å². The molecule has 56 heavy (non-hydrogen) atoms. The van der Waals surface area contributed by atoms with E-state index in [4.69, 9.17) is 9.97 Å². The van der Waals surface area contributed by atoms with E-state index in [2.05, 4.69) is 191 Å². The van der Waals surface area contributed by atoms with E-state index in [1.54, 1.807) is 0 Å². The normalized spacial score (nSPS) is 11.6. The second kappa shape index (κ2) is 13.1. The van der Waals surface area contributed by atoms with Gasteiger partial charge in [0, 0.05) is 34.5 Å². The molecule has 4 nitrogen and oxygen atoms in total. The first-order valence-corrected chi connectivity index (χ1v) is 19.0. The molecular weight excluding hydrogens is 681 g/mol. The fourth-order valence-electron chi connectivity index (χ4n) is 8.47. The SMILES string of the molecule is c1ccc(-c2cccc(-c3cccc(-c4ccc5c(c4)c4c(-c6cccc(-n7c8cccnc8c8ncccc87)c6)cccc4n5-c4ccccc4)c3)c2)cc1. The van der Waals surface area contributed by atoms with Gasteiger partial charge in [-0.1, -0.05) is 115 Å². The van der Waals surface area contributed by atoms with Crippen LogP contribution in [0.1, 0.15) is 0 Å². The van der Waals surface area contributed by atoms with Crippen LogP contribution in [0.4, 0.5) is 0 Å². The largest absolute Gasteiger partial charge is 0.309 e. The minimum absolute atomic E-state index is 0.905. The molecule has 0 fully saturated rings. The van der Waals surface area contributed by atoms with E-state index in [1.165, 1.54) is 60.8 Å². The third kappa shape index (κ3) is 5.23. The summed E-state index contributed by atoms with van der Waals surface area (Å²) < 4.78 is 4.68. The molecule has 4 heteroatoms. The van der Waals surface area contributed by atoms with Crippen LogP contribution in [0.3, 0.4) is 0 Å². The quantitative estimate of drug-likeness (QED) is 0.172. The Morgan fingerprint density at radius 3 is 1.48 bits per heavy atom. The van der Waals surface area contributed by atoms with E-state index < -0.39 is 0 Å². The van der Waals surface area contributed by atoms with Crippen molar-refractivity contribution < 1.29 is 0 Å². The number of aromatic nitrogens is 4. The minimum atomic E-state index is 0.905. The first-order chi connectivity index (χ1) is 27.8. The number of para-hydroxylation sites is 1. The number of rotatable bonds is 6. The van der Waals surface area contributed by atoms with Gasteiger partial charge in [-0.25, -0.2) is 0 Å². The molecule has 11 aromatic rings. The maximum atomic E-state index is 4.73. The molecule has 0 radical (unpaired) electrons. The summed E-state index contributed by atoms with van der Waals surface area (Å²) in [5, 5.41) is 2.44. The van der Waals surface area contributed by atoms with Crippen molar-refractivity contribution in [2.45, 2.75) is 0 Å². The zero-order valence-electron chi connectivity index (χ0n) is 30.4. The van der Waals surface area contributed by atoms with E-state index in [-0.39, 0.29) is 0 Å². The number of benzene rings is 7. The van der Waals surface area contributed by atoms with Gasteiger partial charge >= 0.3 is 0 Å². The standard InChI is InChI=1S/C52H34N4/c1-3-13-35(14-4-1)36-15-7-16-37(31-36)38-17-8-18-39(32-38)40-27-28-46-45(34-40)50-44(23-10-24-47(50)55(46)42-20-5-2-6-21-42)41-19-9-22-43(33-41)56-48-25-11-29-53-51(48)52-49(56)26-12-30-54-52/h1-34H. The van der Waals surface area contributed by atoms with E-state index in [1.807, 2.05) is 24.5 Å². The molecule has 0 aliphatic heterocycles. The van der Waals surface area contributed by atoms with E-state index in [9.17, 15) is 0 Å². The molecule has 0 aliphatic carbocycles. The first kappa shape index (κ1) is 31.9. The summed E-state index contributed by atoms with van der Waals surface area (Å²) in [5.74, 6) is 0. The highest BCUT2D eigenvalue weighted by molar-refractivity contribution is 6.17. The number of nitrogens with zero attached hydrogens (tertiary/aromatic N) is 4. The van der Waals surface area contributed by atoms with Gasteiger partial charge in [-0.15, -0.1) is 0 Å². The van der Waals surface area contributed by atoms with Gasteiger partial charge in [0.1, 0.15) is 11.0 Å². The minimum Gasteiger partial charge on any atom is -0.309 e. The molecule has 4 heterocycles. The summed E-state index contributed by atoms with van der Waals surface area (Å²) in [4.78, 5) is 9.46. The van der Waals surface area contributed by atoms with Gasteiger partial charge in [0.2, 0.25) is 0 Å². The Kier molecular flexibility index (Phi) is 7.46. The van der Waals surface area contributed by atoms with Crippen molar-refractivity contribution in [3.05, 3.63) is 207 Å². The lowest BCUT2D eigenvalue weighted by Gasteiger charge is -2.11. The van der Waals surface area contributed by atoms with Gasteiger partial charge < -0.3 is 9.13 Å². The topological polar surface area (TPSA) is 35.6 Å². The first-order valence-electron chi connectivity index (χ1n) is 19.0. The maximum absolute atomic E-state index is 4.73. The van der Waals surface area contributed by atoms with Crippen molar-refractivity contribution in [2.24, 2.45) is 0 Å². The van der Waals surface area contributed by atoms with Gasteiger partial charge in [-0.3, -0.25) is 9.97 Å². The molecule has 0 N–H and O–H groups in total. The molecule has 0 unspecified atom stereocenters. The van der Waals surface area contributed by atoms with Gasteiger partial charge in [0.05, 0.1) is 22.1 Å². The van der Waals surface area contributed by atoms with Gasteiger partial charge in [-0.2, -0.15) is 0 Å². The molecule has 0 aliphatic rings. The fourth-order valence-corrected chi connectivity index (χ4v) is 8.47. The van der Waals surface area contributed by atoms with Crippen LogP contribution in [0, 0.1) is 0 Å². The van der Waals surface area contributed by atoms with Crippen molar-refractivity contribution in [1.29, 1.82) is 0 Å². The summed E-state index contributed by atoms with van der Waals surface area (Å²) in [5.41, 5.74) is 18.0. The monoisotopic (exact) mass is 714 g/mol. The molecule has 0 atom stereocenters. The summed E-state index contributed by atoms with van der Waals surface area (Å²) in [6, 6.07) is 69.8. The molecule has 0 bridgehead atoms. The van der Waals surface area contributed by atoms with Crippen LogP contribution in [0.25, 0.3) is 99.8 Å². The molecule has 11 rings (SSSR count). The van der Waals surface area contributed by atoms with Crippen LogP contribution in [-0.4, -0.2) is 19.1 Å². The Morgan fingerprint density at radius 1 is 0.304 bits per heavy atom. The predicted octanol–water partition coefficient (Wildman–Crippen LogP) is 13.3. The highest BCUT2D eigenvalue weighted by Crippen LogP contribution is 2.41. The molecule has 0 amide bonds. The lowest BCUT2D eigenvalue weighted by atomic mass is 9.95. The van der Waals surface area contributed by atoms with E-state index >= 15 is 0 Å². The Morgan fingerprint density at radius 2 is 0.804 bits per heavy atom. The van der Waals surface area contributed by atoms with Crippen LogP contribution in [0.2, 0.25) is 0 Å². The summed E-state index contributed by atoms with van der Waals surface area (Å²) >= 11 is 0. The molecule has 262 valence electrons. The lowest BCUT2D eigenvalue weighted by Crippen LogP contribution is -1.95. The van der Waals surface area contributed by atoms with Gasteiger partial charge in [-0.05, 0) is 123 Å². The average molecular weight is 715 g/mol. The Balaban J connectivity index is 1.10. The summed E-state index contributed by atoms with van der Waals surface area (Å²) in [6.45, 7) is 0. The van der Waals surface area contributed by atoms with Crippen LogP contribution >= 0.6 is 0 Å². The number of hydrogen-bond acceptors (Lipinski definition) is 2. The highest BCUT2D eigenvalue weighted by atomic mass is 15.0. The van der Waals surface area contributed by atoms with Crippen LogP contribution in [-0.2, 0) is 0 Å². The molecule has 4 aromatic heterocycles. The van der Waals surface area contributed by atoms with Crippen molar-refractivity contribution in [2.75, 3.05) is 0 Å². The number of fused-ring (bicyclic) bond motifs is 6.